The molecule has 1 saturated heterocycles. The number of halogens is 2. The van der Waals surface area contributed by atoms with Crippen molar-refractivity contribution in [3.05, 3.63) is 28.2 Å². The molecule has 0 aliphatic carbocycles. The molecule has 0 saturated carbocycles. The number of anilines is 1. The molecule has 0 radical (unpaired) electrons. The molecule has 0 aromatic heterocycles. The van der Waals surface area contributed by atoms with Crippen LogP contribution in [0, 0.1) is 0 Å². The molecular weight excluding hydrogens is 291 g/mol. The first kappa shape index (κ1) is 14.1. The number of urea groups is 1. The van der Waals surface area contributed by atoms with Crippen LogP contribution in [0.3, 0.4) is 0 Å². The lowest BCUT2D eigenvalue weighted by Crippen LogP contribution is -2.41. The van der Waals surface area contributed by atoms with Crippen LogP contribution in [0.25, 0.3) is 0 Å². The molecule has 7 heteroatoms. The topological polar surface area (TPSA) is 58.6 Å². The van der Waals surface area contributed by atoms with Gasteiger partial charge in [-0.1, -0.05) is 23.2 Å². The van der Waals surface area contributed by atoms with Gasteiger partial charge in [-0.15, -0.1) is 0 Å². The normalized spacial score (nSPS) is 20.2. The molecular formula is C12H12Cl2N2O3. The van der Waals surface area contributed by atoms with Crippen LogP contribution in [0.15, 0.2) is 18.2 Å². The summed E-state index contributed by atoms with van der Waals surface area (Å²) in [6.45, 7) is 0.291. The van der Waals surface area contributed by atoms with Crippen molar-refractivity contribution in [3.8, 4) is 0 Å². The van der Waals surface area contributed by atoms with Gasteiger partial charge in [-0.25, -0.2) is 9.69 Å². The molecule has 1 N–H and O–H groups in total. The fraction of sp³-hybridized carbons (Fsp3) is 0.333. The number of nitrogens with one attached hydrogen (secondary N) is 1. The van der Waals surface area contributed by atoms with Gasteiger partial charge in [-0.05, 0) is 18.2 Å². The van der Waals surface area contributed by atoms with Gasteiger partial charge in [-0.2, -0.15) is 0 Å². The van der Waals surface area contributed by atoms with E-state index in [-0.39, 0.29) is 23.5 Å². The Morgan fingerprint density at radius 1 is 1.32 bits per heavy atom. The predicted molar refractivity (Wildman–Crippen MR) is 72.8 cm³/mol. The van der Waals surface area contributed by atoms with Crippen LogP contribution in [-0.4, -0.2) is 31.7 Å². The zero-order valence-electron chi connectivity index (χ0n) is 10.2. The van der Waals surface area contributed by atoms with Crippen molar-refractivity contribution >= 4 is 40.8 Å². The Hall–Kier alpha value is -1.30. The molecule has 1 atom stereocenters. The molecule has 1 fully saturated rings. The Balaban J connectivity index is 2.33. The quantitative estimate of drug-likeness (QED) is 0.913. The van der Waals surface area contributed by atoms with E-state index in [1.807, 2.05) is 0 Å². The van der Waals surface area contributed by atoms with Crippen LogP contribution in [0.4, 0.5) is 10.5 Å². The second kappa shape index (κ2) is 5.77. The Morgan fingerprint density at radius 2 is 2.05 bits per heavy atom. The molecule has 1 aromatic carbocycles. The predicted octanol–water partition coefficient (Wildman–Crippen LogP) is 2.45. The number of carbonyl (C=O) groups is 2. The maximum absolute atomic E-state index is 12.1. The third kappa shape index (κ3) is 3.00. The van der Waals surface area contributed by atoms with Crippen molar-refractivity contribution in [1.29, 1.82) is 0 Å². The fourth-order valence-corrected chi connectivity index (χ4v) is 2.10. The number of amides is 3. The van der Waals surface area contributed by atoms with Crippen LogP contribution in [-0.2, 0) is 9.53 Å². The van der Waals surface area contributed by atoms with Gasteiger partial charge >= 0.3 is 6.03 Å². The van der Waals surface area contributed by atoms with Crippen molar-refractivity contribution in [2.45, 2.75) is 12.5 Å². The van der Waals surface area contributed by atoms with Gasteiger partial charge in [-0.3, -0.25) is 4.79 Å². The summed E-state index contributed by atoms with van der Waals surface area (Å²) in [5.41, 5.74) is 0.383. The van der Waals surface area contributed by atoms with Gasteiger partial charge in [0.05, 0.1) is 28.3 Å². The number of ether oxygens (including phenoxy) is 1. The average molecular weight is 303 g/mol. The van der Waals surface area contributed by atoms with Crippen molar-refractivity contribution in [2.75, 3.05) is 18.6 Å². The molecule has 5 nitrogen and oxygen atoms in total. The highest BCUT2D eigenvalue weighted by Crippen LogP contribution is 2.28. The van der Waals surface area contributed by atoms with Crippen molar-refractivity contribution in [3.63, 3.8) is 0 Å². The molecule has 3 amide bonds. The fourth-order valence-electron chi connectivity index (χ4n) is 1.80. The van der Waals surface area contributed by atoms with Gasteiger partial charge in [0.2, 0.25) is 5.91 Å². The molecule has 19 heavy (non-hydrogen) atoms. The van der Waals surface area contributed by atoms with Crippen LogP contribution < -0.4 is 10.2 Å². The summed E-state index contributed by atoms with van der Waals surface area (Å²) in [6, 6.07) is 4.09. The van der Waals surface area contributed by atoms with Crippen molar-refractivity contribution in [1.82, 2.24) is 5.32 Å². The van der Waals surface area contributed by atoms with Crippen LogP contribution >= 0.6 is 23.2 Å². The van der Waals surface area contributed by atoms with E-state index in [0.717, 1.165) is 4.90 Å². The van der Waals surface area contributed by atoms with Gasteiger partial charge < -0.3 is 10.1 Å². The number of hydrogen-bond acceptors (Lipinski definition) is 3. The van der Waals surface area contributed by atoms with Gasteiger partial charge in [0, 0.05) is 13.7 Å². The molecule has 0 spiro atoms. The molecule has 0 bridgehead atoms. The minimum Gasteiger partial charge on any atom is -0.379 e. The summed E-state index contributed by atoms with van der Waals surface area (Å²) >= 11 is 11.7. The largest absolute Gasteiger partial charge is 0.379 e. The zero-order chi connectivity index (χ0) is 14.0. The molecule has 1 aromatic rings. The number of imide groups is 1. The van der Waals surface area contributed by atoms with E-state index in [1.54, 1.807) is 12.1 Å². The standard InChI is InChI=1S/C12H12Cl2N2O3/c1-19-8-5-11(17)16(12(18)15-6-8)7-2-3-9(13)10(14)4-7/h2-4,8H,5-6H2,1H3,(H,15,18). The maximum atomic E-state index is 12.1. The molecule has 1 aliphatic heterocycles. The van der Waals surface area contributed by atoms with E-state index in [2.05, 4.69) is 5.32 Å². The summed E-state index contributed by atoms with van der Waals surface area (Å²) in [7, 11) is 1.50. The lowest BCUT2D eigenvalue weighted by atomic mass is 10.2. The number of hydrogen-bond donors (Lipinski definition) is 1. The number of nitrogens with zero attached hydrogens (tertiary/aromatic N) is 1. The first-order chi connectivity index (χ1) is 9.02. The number of methoxy groups -OCH3 is 1. The highest BCUT2D eigenvalue weighted by Gasteiger charge is 2.30. The molecule has 1 heterocycles. The third-order valence-corrected chi connectivity index (χ3v) is 3.57. The van der Waals surface area contributed by atoms with E-state index in [0.29, 0.717) is 17.3 Å². The Labute approximate surface area is 120 Å². The monoisotopic (exact) mass is 302 g/mol. The highest BCUT2D eigenvalue weighted by atomic mass is 35.5. The summed E-state index contributed by atoms with van der Waals surface area (Å²) in [6.07, 6.45) is -0.209. The molecule has 102 valence electrons. The van der Waals surface area contributed by atoms with Crippen LogP contribution in [0.2, 0.25) is 10.0 Å². The summed E-state index contributed by atoms with van der Waals surface area (Å²) < 4.78 is 5.11. The second-order valence-electron chi connectivity index (χ2n) is 4.08. The highest BCUT2D eigenvalue weighted by molar-refractivity contribution is 6.42. The smallest absolute Gasteiger partial charge is 0.328 e. The van der Waals surface area contributed by atoms with Crippen LogP contribution in [0.1, 0.15) is 6.42 Å². The lowest BCUT2D eigenvalue weighted by molar-refractivity contribution is -0.119. The minimum atomic E-state index is -0.497. The van der Waals surface area contributed by atoms with Crippen molar-refractivity contribution < 1.29 is 14.3 Å². The molecule has 1 aliphatic rings. The van der Waals surface area contributed by atoms with E-state index in [1.165, 1.54) is 13.2 Å². The SMILES string of the molecule is COC1CNC(=O)N(c2ccc(Cl)c(Cl)c2)C(=O)C1. The number of rotatable bonds is 2. The lowest BCUT2D eigenvalue weighted by Gasteiger charge is -2.18. The summed E-state index contributed by atoms with van der Waals surface area (Å²) in [5, 5.41) is 3.27. The van der Waals surface area contributed by atoms with Gasteiger partial charge in [0.25, 0.3) is 0 Å². The first-order valence-corrected chi connectivity index (χ1v) is 6.37. The van der Waals surface area contributed by atoms with Gasteiger partial charge in [0.15, 0.2) is 0 Å². The van der Waals surface area contributed by atoms with Crippen molar-refractivity contribution in [2.24, 2.45) is 0 Å². The Kier molecular flexibility index (Phi) is 4.29. The zero-order valence-corrected chi connectivity index (χ0v) is 11.7. The van der Waals surface area contributed by atoms with E-state index in [9.17, 15) is 9.59 Å². The van der Waals surface area contributed by atoms with Crippen LogP contribution in [0.5, 0.6) is 0 Å². The molecule has 1 unspecified atom stereocenters. The summed E-state index contributed by atoms with van der Waals surface area (Å²) in [5.74, 6) is -0.347. The van der Waals surface area contributed by atoms with Gasteiger partial charge in [0.1, 0.15) is 0 Å². The number of benzene rings is 1. The van der Waals surface area contributed by atoms with E-state index in [4.69, 9.17) is 27.9 Å². The average Bonchev–Trinajstić information content (AvgIpc) is 2.52. The maximum Gasteiger partial charge on any atom is 0.328 e. The summed E-state index contributed by atoms with van der Waals surface area (Å²) in [4.78, 5) is 25.1. The Morgan fingerprint density at radius 3 is 2.68 bits per heavy atom. The Bertz CT molecular complexity index is 522. The minimum absolute atomic E-state index is 0.121. The third-order valence-electron chi connectivity index (χ3n) is 2.83. The first-order valence-electron chi connectivity index (χ1n) is 5.61. The molecule has 2 rings (SSSR count). The second-order valence-corrected chi connectivity index (χ2v) is 4.89. The van der Waals surface area contributed by atoms with E-state index >= 15 is 0 Å². The van der Waals surface area contributed by atoms with E-state index < -0.39 is 6.03 Å². The number of carbonyl (C=O) groups excluding carboxylic acids is 2.